The van der Waals surface area contributed by atoms with Gasteiger partial charge in [-0.25, -0.2) is 0 Å². The van der Waals surface area contributed by atoms with Crippen molar-refractivity contribution >= 4 is 10.9 Å². The van der Waals surface area contributed by atoms with E-state index in [1.807, 2.05) is 30.5 Å². The van der Waals surface area contributed by atoms with Crippen molar-refractivity contribution in [2.24, 2.45) is 17.8 Å². The Kier molecular flexibility index (Phi) is 3.75. The van der Waals surface area contributed by atoms with Crippen molar-refractivity contribution in [3.63, 3.8) is 0 Å². The lowest BCUT2D eigenvalue weighted by molar-refractivity contribution is 0.0561. The molecule has 0 aliphatic heterocycles. The van der Waals surface area contributed by atoms with Gasteiger partial charge in [-0.1, -0.05) is 32.0 Å². The molecule has 1 aliphatic carbocycles. The first-order chi connectivity index (χ1) is 9.65. The van der Waals surface area contributed by atoms with Crippen LogP contribution in [0.5, 0.6) is 0 Å². The third-order valence-electron chi connectivity index (χ3n) is 4.66. The first-order valence-electron chi connectivity index (χ1n) is 7.67. The highest BCUT2D eigenvalue weighted by Crippen LogP contribution is 2.40. The number of rotatable bonds is 2. The first-order valence-corrected chi connectivity index (χ1v) is 7.67. The number of nitrogens with zero attached hydrogens (tertiary/aromatic N) is 1. The Hall–Kier alpha value is -1.41. The summed E-state index contributed by atoms with van der Waals surface area (Å²) in [5.41, 5.74) is 2.02. The lowest BCUT2D eigenvalue weighted by Crippen LogP contribution is -2.24. The van der Waals surface area contributed by atoms with Gasteiger partial charge in [0.1, 0.15) is 0 Å². The van der Waals surface area contributed by atoms with Gasteiger partial charge in [-0.15, -0.1) is 0 Å². The zero-order valence-electron chi connectivity index (χ0n) is 12.3. The number of aliphatic hydroxyl groups is 1. The minimum absolute atomic E-state index is 0.368. The van der Waals surface area contributed by atoms with Crippen LogP contribution in [-0.4, -0.2) is 10.1 Å². The molecule has 2 nitrogen and oxygen atoms in total. The molecule has 0 amide bonds. The average Bonchev–Trinajstić information content (AvgIpc) is 2.45. The van der Waals surface area contributed by atoms with Gasteiger partial charge in [0.05, 0.1) is 11.6 Å². The summed E-state index contributed by atoms with van der Waals surface area (Å²) in [6, 6.07) is 10.1. The van der Waals surface area contributed by atoms with E-state index in [4.69, 9.17) is 0 Å². The number of para-hydroxylation sites is 1. The fraction of sp³-hybridized carbons (Fsp3) is 0.500. The number of benzene rings is 1. The Balaban J connectivity index is 1.94. The van der Waals surface area contributed by atoms with E-state index in [0.717, 1.165) is 29.3 Å². The molecular formula is C18H23NO. The fourth-order valence-corrected chi connectivity index (χ4v) is 3.90. The quantitative estimate of drug-likeness (QED) is 0.879. The molecule has 1 aromatic heterocycles. The molecule has 1 N–H and O–H groups in total. The van der Waals surface area contributed by atoms with Crippen molar-refractivity contribution in [1.29, 1.82) is 0 Å². The molecule has 1 saturated carbocycles. The topological polar surface area (TPSA) is 33.1 Å². The van der Waals surface area contributed by atoms with Crippen LogP contribution in [0, 0.1) is 17.8 Å². The van der Waals surface area contributed by atoms with Gasteiger partial charge in [-0.3, -0.25) is 4.98 Å². The van der Waals surface area contributed by atoms with E-state index in [1.54, 1.807) is 0 Å². The van der Waals surface area contributed by atoms with Crippen LogP contribution in [0.15, 0.2) is 36.5 Å². The van der Waals surface area contributed by atoms with Crippen LogP contribution in [0.4, 0.5) is 0 Å². The normalized spacial score (nSPS) is 28.4. The van der Waals surface area contributed by atoms with E-state index in [0.29, 0.717) is 17.8 Å². The highest BCUT2D eigenvalue weighted by molar-refractivity contribution is 5.82. The Morgan fingerprint density at radius 3 is 2.50 bits per heavy atom. The summed E-state index contributed by atoms with van der Waals surface area (Å²) in [7, 11) is 0. The van der Waals surface area contributed by atoms with Gasteiger partial charge < -0.3 is 5.11 Å². The van der Waals surface area contributed by atoms with Crippen LogP contribution in [0.1, 0.15) is 44.8 Å². The molecule has 1 fully saturated rings. The maximum atomic E-state index is 10.9. The zero-order chi connectivity index (χ0) is 14.1. The SMILES string of the molecule is CC1CC(C)CC(C(O)c2ccnc3ccccc23)C1. The van der Waals surface area contributed by atoms with Gasteiger partial charge in [0, 0.05) is 11.6 Å². The highest BCUT2D eigenvalue weighted by Gasteiger charge is 2.30. The second kappa shape index (κ2) is 5.53. The lowest BCUT2D eigenvalue weighted by atomic mass is 9.73. The van der Waals surface area contributed by atoms with Crippen molar-refractivity contribution in [2.45, 2.75) is 39.2 Å². The van der Waals surface area contributed by atoms with E-state index in [-0.39, 0.29) is 6.10 Å². The fourth-order valence-electron chi connectivity index (χ4n) is 3.90. The number of aliphatic hydroxyl groups excluding tert-OH is 1. The molecule has 3 rings (SSSR count). The van der Waals surface area contributed by atoms with Crippen molar-refractivity contribution in [3.8, 4) is 0 Å². The van der Waals surface area contributed by atoms with Crippen LogP contribution < -0.4 is 0 Å². The Morgan fingerprint density at radius 2 is 1.75 bits per heavy atom. The first kappa shape index (κ1) is 13.6. The molecule has 20 heavy (non-hydrogen) atoms. The maximum absolute atomic E-state index is 10.9. The summed E-state index contributed by atoms with van der Waals surface area (Å²) in [5, 5.41) is 11.9. The average molecular weight is 269 g/mol. The van der Waals surface area contributed by atoms with Crippen LogP contribution in [0.25, 0.3) is 10.9 Å². The Bertz CT molecular complexity index is 579. The smallest absolute Gasteiger partial charge is 0.0825 e. The van der Waals surface area contributed by atoms with Crippen molar-refractivity contribution in [2.75, 3.05) is 0 Å². The van der Waals surface area contributed by atoms with Crippen LogP contribution in [0.2, 0.25) is 0 Å². The Labute approximate surface area is 120 Å². The molecule has 1 heterocycles. The van der Waals surface area contributed by atoms with Gasteiger partial charge in [0.25, 0.3) is 0 Å². The van der Waals surface area contributed by atoms with Crippen LogP contribution in [0.3, 0.4) is 0 Å². The summed E-state index contributed by atoms with van der Waals surface area (Å²) in [4.78, 5) is 4.39. The van der Waals surface area contributed by atoms with E-state index >= 15 is 0 Å². The molecule has 0 bridgehead atoms. The standard InChI is InChI=1S/C18H23NO/c1-12-9-13(2)11-14(10-12)18(20)16-7-8-19-17-6-4-3-5-15(16)17/h3-8,12-14,18,20H,9-11H2,1-2H3. The van der Waals surface area contributed by atoms with Crippen LogP contribution >= 0.6 is 0 Å². The summed E-state index contributed by atoms with van der Waals surface area (Å²) < 4.78 is 0. The predicted octanol–water partition coefficient (Wildman–Crippen LogP) is 4.34. The van der Waals surface area contributed by atoms with Crippen molar-refractivity contribution in [1.82, 2.24) is 4.98 Å². The molecule has 0 saturated heterocycles. The van der Waals surface area contributed by atoms with Crippen molar-refractivity contribution < 1.29 is 5.11 Å². The van der Waals surface area contributed by atoms with E-state index < -0.39 is 0 Å². The number of aromatic nitrogens is 1. The second-order valence-electron chi connectivity index (χ2n) is 6.54. The Morgan fingerprint density at radius 1 is 1.05 bits per heavy atom. The molecular weight excluding hydrogens is 246 g/mol. The molecule has 0 spiro atoms. The monoisotopic (exact) mass is 269 g/mol. The van der Waals surface area contributed by atoms with Gasteiger partial charge in [-0.2, -0.15) is 0 Å². The minimum Gasteiger partial charge on any atom is -0.388 e. The van der Waals surface area contributed by atoms with Gasteiger partial charge in [-0.05, 0) is 54.7 Å². The number of hydrogen-bond acceptors (Lipinski definition) is 2. The van der Waals surface area contributed by atoms with E-state index in [1.165, 1.54) is 6.42 Å². The highest BCUT2D eigenvalue weighted by atomic mass is 16.3. The minimum atomic E-state index is -0.368. The molecule has 2 aromatic rings. The molecule has 3 atom stereocenters. The number of hydrogen-bond donors (Lipinski definition) is 1. The summed E-state index contributed by atoms with van der Waals surface area (Å²) >= 11 is 0. The van der Waals surface area contributed by atoms with Crippen molar-refractivity contribution in [3.05, 3.63) is 42.1 Å². The third kappa shape index (κ3) is 2.57. The second-order valence-corrected chi connectivity index (χ2v) is 6.54. The molecule has 1 aliphatic rings. The van der Waals surface area contributed by atoms with E-state index in [9.17, 15) is 5.11 Å². The molecule has 3 unspecified atom stereocenters. The molecule has 1 aromatic carbocycles. The summed E-state index contributed by atoms with van der Waals surface area (Å²) in [5.74, 6) is 1.80. The van der Waals surface area contributed by atoms with Gasteiger partial charge >= 0.3 is 0 Å². The predicted molar refractivity (Wildman–Crippen MR) is 82.4 cm³/mol. The molecule has 106 valence electrons. The summed E-state index contributed by atoms with van der Waals surface area (Å²) in [6.07, 6.45) is 4.99. The lowest BCUT2D eigenvalue weighted by Gasteiger charge is -2.34. The maximum Gasteiger partial charge on any atom is 0.0825 e. The summed E-state index contributed by atoms with van der Waals surface area (Å²) in [6.45, 7) is 4.61. The van der Waals surface area contributed by atoms with Crippen LogP contribution in [-0.2, 0) is 0 Å². The largest absolute Gasteiger partial charge is 0.388 e. The molecule has 0 radical (unpaired) electrons. The van der Waals surface area contributed by atoms with Gasteiger partial charge in [0.15, 0.2) is 0 Å². The number of pyridine rings is 1. The molecule has 2 heteroatoms. The number of fused-ring (bicyclic) bond motifs is 1. The third-order valence-corrected chi connectivity index (χ3v) is 4.66. The van der Waals surface area contributed by atoms with E-state index in [2.05, 4.69) is 24.9 Å². The van der Waals surface area contributed by atoms with Gasteiger partial charge in [0.2, 0.25) is 0 Å². The zero-order valence-corrected chi connectivity index (χ0v) is 12.3.